The highest BCUT2D eigenvalue weighted by molar-refractivity contribution is 7.19. The maximum atomic E-state index is 11.6. The van der Waals surface area contributed by atoms with E-state index >= 15 is 0 Å². The van der Waals surface area contributed by atoms with Gasteiger partial charge in [0.25, 0.3) is 0 Å². The molecule has 0 radical (unpaired) electrons. The molecular weight excluding hydrogens is 228 g/mol. The summed E-state index contributed by atoms with van der Waals surface area (Å²) in [5.41, 5.74) is 0. The number of nitrogens with zero attached hydrogens (tertiary/aromatic N) is 2. The Labute approximate surface area is 87.1 Å². The number of carbonyl (C=O) groups excluding carboxylic acids is 1. The van der Waals surface area contributed by atoms with Gasteiger partial charge in [-0.15, -0.1) is 16.4 Å². The van der Waals surface area contributed by atoms with E-state index in [0.717, 1.165) is 11.5 Å². The van der Waals surface area contributed by atoms with Crippen molar-refractivity contribution in [3.8, 4) is 0 Å². The van der Waals surface area contributed by atoms with Crippen molar-refractivity contribution < 1.29 is 4.79 Å². The van der Waals surface area contributed by atoms with Crippen molar-refractivity contribution in [2.24, 2.45) is 0 Å². The van der Waals surface area contributed by atoms with Gasteiger partial charge in [0.05, 0.1) is 15.4 Å². The molecule has 3 nitrogen and oxygen atoms in total. The van der Waals surface area contributed by atoms with Crippen LogP contribution in [0, 0.1) is 0 Å². The summed E-state index contributed by atoms with van der Waals surface area (Å²) < 4.78 is 4.23. The van der Waals surface area contributed by atoms with Crippen molar-refractivity contribution in [2.45, 2.75) is 0 Å². The molecule has 0 aliphatic carbocycles. The number of ketones is 1. The molecule has 2 heterocycles. The minimum absolute atomic E-state index is 0.0631. The largest absolute Gasteiger partial charge is 0.287 e. The maximum Gasteiger partial charge on any atom is 0.216 e. The summed E-state index contributed by atoms with van der Waals surface area (Å²) in [7, 11) is 0. The van der Waals surface area contributed by atoms with Gasteiger partial charge in [0.2, 0.25) is 5.78 Å². The Bertz CT molecular complexity index is 423. The van der Waals surface area contributed by atoms with Gasteiger partial charge in [-0.2, -0.15) is 0 Å². The third kappa shape index (κ3) is 1.77. The van der Waals surface area contributed by atoms with Crippen molar-refractivity contribution in [1.29, 1.82) is 0 Å². The molecule has 0 amide bonds. The Hall–Kier alpha value is -0.780. The van der Waals surface area contributed by atoms with E-state index in [2.05, 4.69) is 9.59 Å². The lowest BCUT2D eigenvalue weighted by Gasteiger charge is -1.88. The van der Waals surface area contributed by atoms with Crippen LogP contribution in [0.5, 0.6) is 0 Å². The van der Waals surface area contributed by atoms with E-state index in [1.165, 1.54) is 17.5 Å². The number of halogens is 1. The van der Waals surface area contributed by atoms with E-state index in [0.29, 0.717) is 14.1 Å². The van der Waals surface area contributed by atoms with E-state index in [-0.39, 0.29) is 5.78 Å². The van der Waals surface area contributed by atoms with Crippen LogP contribution in [-0.2, 0) is 0 Å². The summed E-state index contributed by atoms with van der Waals surface area (Å²) in [5, 5.41) is 3.59. The van der Waals surface area contributed by atoms with Gasteiger partial charge in [-0.1, -0.05) is 16.1 Å². The van der Waals surface area contributed by atoms with Gasteiger partial charge in [0.1, 0.15) is 4.88 Å². The van der Waals surface area contributed by atoms with Crippen molar-refractivity contribution in [1.82, 2.24) is 9.59 Å². The first kappa shape index (κ1) is 8.80. The molecule has 2 rings (SSSR count). The smallest absolute Gasteiger partial charge is 0.216 e. The van der Waals surface area contributed by atoms with Crippen LogP contribution in [0.4, 0.5) is 0 Å². The summed E-state index contributed by atoms with van der Waals surface area (Å²) in [5.74, 6) is -0.0631. The number of hydrogen-bond donors (Lipinski definition) is 0. The Morgan fingerprint density at radius 3 is 2.77 bits per heavy atom. The van der Waals surface area contributed by atoms with Crippen LogP contribution in [0.2, 0.25) is 4.34 Å². The second-order valence-corrected chi connectivity index (χ2v) is 4.72. The molecule has 0 bridgehead atoms. The molecule has 0 N–H and O–H groups in total. The van der Waals surface area contributed by atoms with Crippen LogP contribution < -0.4 is 0 Å². The Morgan fingerprint density at radius 1 is 1.38 bits per heavy atom. The number of carbonyl (C=O) groups is 1. The van der Waals surface area contributed by atoms with Gasteiger partial charge >= 0.3 is 0 Å². The zero-order valence-electron chi connectivity index (χ0n) is 6.23. The van der Waals surface area contributed by atoms with E-state index in [1.807, 2.05) is 0 Å². The second kappa shape index (κ2) is 3.53. The van der Waals surface area contributed by atoms with Crippen LogP contribution in [0.3, 0.4) is 0 Å². The third-order valence-electron chi connectivity index (χ3n) is 1.38. The first-order valence-corrected chi connectivity index (χ1v) is 5.31. The molecule has 0 aromatic carbocycles. The zero-order chi connectivity index (χ0) is 9.26. The van der Waals surface area contributed by atoms with Crippen LogP contribution in [0.25, 0.3) is 0 Å². The van der Waals surface area contributed by atoms with Crippen molar-refractivity contribution in [3.63, 3.8) is 0 Å². The van der Waals surface area contributed by atoms with Gasteiger partial charge in [0.15, 0.2) is 0 Å². The summed E-state index contributed by atoms with van der Waals surface area (Å²) >= 11 is 8.05. The zero-order valence-corrected chi connectivity index (χ0v) is 8.62. The van der Waals surface area contributed by atoms with Crippen LogP contribution in [-0.4, -0.2) is 15.4 Å². The van der Waals surface area contributed by atoms with Gasteiger partial charge in [-0.3, -0.25) is 4.79 Å². The molecule has 0 atom stereocenters. The molecule has 0 aliphatic heterocycles. The quantitative estimate of drug-likeness (QED) is 0.745. The van der Waals surface area contributed by atoms with Crippen LogP contribution in [0.15, 0.2) is 18.3 Å². The van der Waals surface area contributed by atoms with E-state index < -0.39 is 0 Å². The fourth-order valence-electron chi connectivity index (χ4n) is 0.825. The number of aromatic nitrogens is 2. The van der Waals surface area contributed by atoms with Crippen LogP contribution in [0.1, 0.15) is 14.5 Å². The van der Waals surface area contributed by atoms with Gasteiger partial charge < -0.3 is 0 Å². The van der Waals surface area contributed by atoms with E-state index in [1.54, 1.807) is 12.1 Å². The summed E-state index contributed by atoms with van der Waals surface area (Å²) in [6, 6.07) is 3.41. The molecule has 0 unspecified atom stereocenters. The number of hydrogen-bond acceptors (Lipinski definition) is 5. The Morgan fingerprint density at radius 2 is 2.23 bits per heavy atom. The lowest BCUT2D eigenvalue weighted by Crippen LogP contribution is -1.93. The predicted octanol–water partition coefficient (Wildman–Crippen LogP) is 2.48. The van der Waals surface area contributed by atoms with Crippen molar-refractivity contribution >= 4 is 40.3 Å². The standard InChI is InChI=1S/C7H3ClN2OS2/c8-6-2-1-4(12-6)7(11)5-3-9-10-13-5/h1-3H. The van der Waals surface area contributed by atoms with Gasteiger partial charge in [0, 0.05) is 0 Å². The highest BCUT2D eigenvalue weighted by Crippen LogP contribution is 2.24. The molecule has 0 saturated carbocycles. The van der Waals surface area contributed by atoms with Crippen molar-refractivity contribution in [2.75, 3.05) is 0 Å². The Balaban J connectivity index is 2.33. The highest BCUT2D eigenvalue weighted by atomic mass is 35.5. The first-order valence-electron chi connectivity index (χ1n) is 3.35. The highest BCUT2D eigenvalue weighted by Gasteiger charge is 2.13. The number of rotatable bonds is 2. The average Bonchev–Trinajstić information content (AvgIpc) is 2.72. The van der Waals surface area contributed by atoms with Gasteiger partial charge in [-0.25, -0.2) is 0 Å². The Kier molecular flexibility index (Phi) is 2.39. The van der Waals surface area contributed by atoms with E-state index in [9.17, 15) is 4.79 Å². The molecule has 0 aliphatic rings. The molecule has 2 aromatic rings. The summed E-state index contributed by atoms with van der Waals surface area (Å²) in [6.07, 6.45) is 1.46. The third-order valence-corrected chi connectivity index (χ3v) is 3.28. The number of thiophene rings is 1. The lowest BCUT2D eigenvalue weighted by molar-refractivity contribution is 0.104. The molecule has 0 fully saturated rings. The van der Waals surface area contributed by atoms with Crippen LogP contribution >= 0.6 is 34.5 Å². The minimum Gasteiger partial charge on any atom is -0.287 e. The topological polar surface area (TPSA) is 42.9 Å². The minimum atomic E-state index is -0.0631. The average molecular weight is 231 g/mol. The monoisotopic (exact) mass is 230 g/mol. The first-order chi connectivity index (χ1) is 6.27. The molecular formula is C7H3ClN2OS2. The SMILES string of the molecule is O=C(c1cnns1)c1ccc(Cl)s1. The lowest BCUT2D eigenvalue weighted by atomic mass is 10.3. The van der Waals surface area contributed by atoms with E-state index in [4.69, 9.17) is 11.6 Å². The summed E-state index contributed by atoms with van der Waals surface area (Å²) in [4.78, 5) is 12.8. The molecule has 66 valence electrons. The fourth-order valence-corrected chi connectivity index (χ4v) is 2.36. The predicted molar refractivity (Wildman–Crippen MR) is 52.7 cm³/mol. The molecule has 2 aromatic heterocycles. The molecule has 0 saturated heterocycles. The van der Waals surface area contributed by atoms with Crippen molar-refractivity contribution in [3.05, 3.63) is 32.4 Å². The maximum absolute atomic E-state index is 11.6. The second-order valence-electron chi connectivity index (χ2n) is 2.21. The molecule has 6 heteroatoms. The normalized spacial score (nSPS) is 10.2. The summed E-state index contributed by atoms with van der Waals surface area (Å²) in [6.45, 7) is 0. The van der Waals surface area contributed by atoms with Gasteiger partial charge in [-0.05, 0) is 23.7 Å². The molecule has 13 heavy (non-hydrogen) atoms. The fraction of sp³-hybridized carbons (Fsp3) is 0. The molecule has 0 spiro atoms.